The van der Waals surface area contributed by atoms with Crippen molar-refractivity contribution < 1.29 is 0 Å². The molecule has 0 N–H and O–H groups in total. The Kier molecular flexibility index (Phi) is 5.39. The monoisotopic (exact) mass is 325 g/mol. The first-order valence-electron chi connectivity index (χ1n) is 7.94. The predicted molar refractivity (Wildman–Crippen MR) is 98.7 cm³/mol. The highest BCUT2D eigenvalue weighted by Crippen LogP contribution is 2.20. The van der Waals surface area contributed by atoms with E-state index < -0.39 is 0 Å². The third-order valence-corrected chi connectivity index (χ3v) is 4.82. The summed E-state index contributed by atoms with van der Waals surface area (Å²) in [4.78, 5) is 10.7. The van der Waals surface area contributed by atoms with Crippen LogP contribution in [0.3, 0.4) is 0 Å². The Morgan fingerprint density at radius 1 is 0.957 bits per heavy atom. The fourth-order valence-electron chi connectivity index (χ4n) is 2.71. The van der Waals surface area contributed by atoms with Crippen LogP contribution in [0.1, 0.15) is 10.4 Å². The van der Waals surface area contributed by atoms with Crippen molar-refractivity contribution in [3.05, 3.63) is 64.5 Å². The maximum Gasteiger partial charge on any atom is 0.0705 e. The van der Waals surface area contributed by atoms with Gasteiger partial charge in [-0.2, -0.15) is 0 Å². The minimum Gasteiger partial charge on any atom is -0.308 e. The van der Waals surface area contributed by atoms with Crippen LogP contribution in [0.2, 0.25) is 0 Å². The summed E-state index contributed by atoms with van der Waals surface area (Å²) >= 11 is 1.83. The standard InChI is InChI=1S/C19H23N3S/c1-21(2)11-12-22(15-17-6-5-13-23-17)14-16-9-10-20-19-8-4-3-7-18(16)19/h3-10,13H,11-12,14-15H2,1-2H3. The molecule has 0 bridgehead atoms. The Morgan fingerprint density at radius 2 is 1.83 bits per heavy atom. The van der Waals surface area contributed by atoms with Gasteiger partial charge in [0, 0.05) is 42.6 Å². The van der Waals surface area contributed by atoms with Gasteiger partial charge in [0.1, 0.15) is 0 Å². The summed E-state index contributed by atoms with van der Waals surface area (Å²) in [6, 6.07) is 14.9. The van der Waals surface area contributed by atoms with Crippen molar-refractivity contribution in [2.24, 2.45) is 0 Å². The van der Waals surface area contributed by atoms with E-state index in [-0.39, 0.29) is 0 Å². The van der Waals surface area contributed by atoms with E-state index in [0.29, 0.717) is 0 Å². The molecule has 0 radical (unpaired) electrons. The zero-order chi connectivity index (χ0) is 16.1. The number of aromatic nitrogens is 1. The van der Waals surface area contributed by atoms with Crippen LogP contribution in [0.15, 0.2) is 54.0 Å². The lowest BCUT2D eigenvalue weighted by molar-refractivity contribution is 0.228. The Labute approximate surface area is 142 Å². The molecule has 0 aliphatic heterocycles. The fourth-order valence-corrected chi connectivity index (χ4v) is 3.46. The molecule has 0 saturated heterocycles. The molecule has 23 heavy (non-hydrogen) atoms. The molecule has 4 heteroatoms. The van der Waals surface area contributed by atoms with Gasteiger partial charge in [0.2, 0.25) is 0 Å². The molecule has 2 aromatic heterocycles. The maximum absolute atomic E-state index is 4.47. The number of hydrogen-bond acceptors (Lipinski definition) is 4. The van der Waals surface area contributed by atoms with Gasteiger partial charge < -0.3 is 4.90 Å². The average Bonchev–Trinajstić information content (AvgIpc) is 3.06. The SMILES string of the molecule is CN(C)CCN(Cc1cccs1)Cc1ccnc2ccccc12. The Morgan fingerprint density at radius 3 is 2.61 bits per heavy atom. The zero-order valence-corrected chi connectivity index (χ0v) is 14.6. The minimum absolute atomic E-state index is 0.953. The third-order valence-electron chi connectivity index (χ3n) is 3.96. The van der Waals surface area contributed by atoms with Gasteiger partial charge in [-0.15, -0.1) is 11.3 Å². The van der Waals surface area contributed by atoms with Gasteiger partial charge in [-0.25, -0.2) is 0 Å². The lowest BCUT2D eigenvalue weighted by Gasteiger charge is -2.24. The Bertz CT molecular complexity index is 732. The molecule has 3 aromatic rings. The van der Waals surface area contributed by atoms with E-state index in [9.17, 15) is 0 Å². The van der Waals surface area contributed by atoms with Crippen LogP contribution in [-0.2, 0) is 13.1 Å². The smallest absolute Gasteiger partial charge is 0.0705 e. The van der Waals surface area contributed by atoms with Gasteiger partial charge in [-0.3, -0.25) is 9.88 Å². The third kappa shape index (κ3) is 4.38. The van der Waals surface area contributed by atoms with Gasteiger partial charge in [0.25, 0.3) is 0 Å². The first-order valence-corrected chi connectivity index (χ1v) is 8.82. The molecule has 0 aliphatic carbocycles. The summed E-state index contributed by atoms with van der Waals surface area (Å²) in [5.41, 5.74) is 2.43. The summed E-state index contributed by atoms with van der Waals surface area (Å²) in [6.07, 6.45) is 1.92. The molecule has 0 unspecified atom stereocenters. The van der Waals surface area contributed by atoms with Crippen molar-refractivity contribution >= 4 is 22.2 Å². The van der Waals surface area contributed by atoms with Gasteiger partial charge in [-0.1, -0.05) is 24.3 Å². The number of rotatable bonds is 7. The Balaban J connectivity index is 1.81. The normalized spacial score (nSPS) is 11.7. The lowest BCUT2D eigenvalue weighted by atomic mass is 10.1. The number of benzene rings is 1. The Hall–Kier alpha value is -1.75. The average molecular weight is 325 g/mol. The van der Waals surface area contributed by atoms with Crippen molar-refractivity contribution in [3.63, 3.8) is 0 Å². The molecular formula is C19H23N3S. The molecule has 0 fully saturated rings. The summed E-state index contributed by atoms with van der Waals surface area (Å²) < 4.78 is 0. The van der Waals surface area contributed by atoms with Crippen LogP contribution in [-0.4, -0.2) is 42.0 Å². The topological polar surface area (TPSA) is 19.4 Å². The number of nitrogens with zero attached hydrogens (tertiary/aromatic N) is 3. The molecule has 0 amide bonds. The molecular weight excluding hydrogens is 302 g/mol. The molecule has 3 rings (SSSR count). The van der Waals surface area contributed by atoms with Crippen LogP contribution >= 0.6 is 11.3 Å². The number of pyridine rings is 1. The van der Waals surface area contributed by atoms with Gasteiger partial charge in [-0.05, 0) is 43.2 Å². The van der Waals surface area contributed by atoms with Crippen LogP contribution in [0.4, 0.5) is 0 Å². The van der Waals surface area contributed by atoms with Gasteiger partial charge >= 0.3 is 0 Å². The van der Waals surface area contributed by atoms with E-state index >= 15 is 0 Å². The summed E-state index contributed by atoms with van der Waals surface area (Å²) in [5.74, 6) is 0. The van der Waals surface area contributed by atoms with Crippen LogP contribution in [0.5, 0.6) is 0 Å². The van der Waals surface area contributed by atoms with E-state index in [1.807, 2.05) is 17.5 Å². The molecule has 120 valence electrons. The highest BCUT2D eigenvalue weighted by molar-refractivity contribution is 7.09. The van der Waals surface area contributed by atoms with E-state index in [1.54, 1.807) is 0 Å². The second-order valence-corrected chi connectivity index (χ2v) is 7.11. The lowest BCUT2D eigenvalue weighted by Crippen LogP contribution is -2.31. The maximum atomic E-state index is 4.47. The van der Waals surface area contributed by atoms with E-state index in [0.717, 1.165) is 31.7 Å². The largest absolute Gasteiger partial charge is 0.308 e. The molecule has 0 aliphatic rings. The number of thiophene rings is 1. The first kappa shape index (κ1) is 16.1. The highest BCUT2D eigenvalue weighted by atomic mass is 32.1. The van der Waals surface area contributed by atoms with Crippen molar-refractivity contribution in [1.82, 2.24) is 14.8 Å². The number of para-hydroxylation sites is 1. The highest BCUT2D eigenvalue weighted by Gasteiger charge is 2.10. The number of fused-ring (bicyclic) bond motifs is 1. The van der Waals surface area contributed by atoms with Gasteiger partial charge in [0.15, 0.2) is 0 Å². The summed E-state index contributed by atoms with van der Waals surface area (Å²) in [7, 11) is 4.26. The molecule has 3 nitrogen and oxygen atoms in total. The number of hydrogen-bond donors (Lipinski definition) is 0. The minimum atomic E-state index is 0.953. The first-order chi connectivity index (χ1) is 11.2. The van der Waals surface area contributed by atoms with Crippen molar-refractivity contribution in [3.8, 4) is 0 Å². The van der Waals surface area contributed by atoms with Gasteiger partial charge in [0.05, 0.1) is 5.52 Å². The van der Waals surface area contributed by atoms with Crippen LogP contribution in [0, 0.1) is 0 Å². The zero-order valence-electron chi connectivity index (χ0n) is 13.8. The van der Waals surface area contributed by atoms with E-state index in [4.69, 9.17) is 0 Å². The van der Waals surface area contributed by atoms with Crippen LogP contribution < -0.4 is 0 Å². The molecule has 2 heterocycles. The van der Waals surface area contributed by atoms with E-state index in [2.05, 4.69) is 76.7 Å². The predicted octanol–water partition coefficient (Wildman–Crippen LogP) is 3.86. The van der Waals surface area contributed by atoms with Crippen LogP contribution in [0.25, 0.3) is 10.9 Å². The summed E-state index contributed by atoms with van der Waals surface area (Å²) in [5, 5.41) is 3.41. The molecule has 0 atom stereocenters. The van der Waals surface area contributed by atoms with Crippen molar-refractivity contribution in [1.29, 1.82) is 0 Å². The second kappa shape index (κ2) is 7.68. The quantitative estimate of drug-likeness (QED) is 0.657. The summed E-state index contributed by atoms with van der Waals surface area (Å²) in [6.45, 7) is 4.08. The van der Waals surface area contributed by atoms with Crippen molar-refractivity contribution in [2.75, 3.05) is 27.2 Å². The second-order valence-electron chi connectivity index (χ2n) is 6.08. The molecule has 0 spiro atoms. The molecule has 0 saturated carbocycles. The fraction of sp³-hybridized carbons (Fsp3) is 0.316. The van der Waals surface area contributed by atoms with Crippen molar-refractivity contribution in [2.45, 2.75) is 13.1 Å². The molecule has 1 aromatic carbocycles. The van der Waals surface area contributed by atoms with E-state index in [1.165, 1.54) is 15.8 Å². The number of likely N-dealkylation sites (N-methyl/N-ethyl adjacent to an activating group) is 1.